The van der Waals surface area contributed by atoms with Crippen molar-refractivity contribution in [2.75, 3.05) is 31.1 Å². The van der Waals surface area contributed by atoms with Gasteiger partial charge in [0, 0.05) is 37.4 Å². The lowest BCUT2D eigenvalue weighted by Gasteiger charge is -2.36. The molecule has 0 radical (unpaired) electrons. The third kappa shape index (κ3) is 3.58. The van der Waals surface area contributed by atoms with Crippen molar-refractivity contribution in [3.05, 3.63) is 60.2 Å². The molecule has 0 saturated carbocycles. The zero-order valence-corrected chi connectivity index (χ0v) is 13.9. The Bertz CT molecular complexity index is 829. The first kappa shape index (κ1) is 16.5. The van der Waals surface area contributed by atoms with Crippen LogP contribution in [0.4, 0.5) is 5.69 Å². The first-order valence-corrected chi connectivity index (χ1v) is 9.22. The number of hydrogen-bond acceptors (Lipinski definition) is 4. The van der Waals surface area contributed by atoms with E-state index in [1.165, 1.54) is 18.2 Å². The first-order valence-electron chi connectivity index (χ1n) is 7.67. The molecular formula is C17H19N3O3S. The number of nitrogens with two attached hydrogens (primary N) is 1. The topological polar surface area (TPSA) is 83.7 Å². The van der Waals surface area contributed by atoms with Gasteiger partial charge in [-0.3, -0.25) is 4.79 Å². The number of carbonyl (C=O) groups excluding carboxylic acids is 1. The highest BCUT2D eigenvalue weighted by Gasteiger charge is 2.23. The van der Waals surface area contributed by atoms with E-state index in [0.717, 1.165) is 18.8 Å². The van der Waals surface area contributed by atoms with Gasteiger partial charge in [-0.1, -0.05) is 24.3 Å². The molecule has 3 rings (SSSR count). The van der Waals surface area contributed by atoms with Crippen molar-refractivity contribution >= 4 is 21.6 Å². The molecule has 7 heteroatoms. The summed E-state index contributed by atoms with van der Waals surface area (Å²) in [6.45, 7) is 2.66. The summed E-state index contributed by atoms with van der Waals surface area (Å²) in [5.41, 5.74) is 1.48. The van der Waals surface area contributed by atoms with Crippen LogP contribution in [0.15, 0.2) is 59.5 Å². The van der Waals surface area contributed by atoms with E-state index < -0.39 is 10.0 Å². The average Bonchev–Trinajstić information content (AvgIpc) is 2.61. The number of primary sulfonamides is 1. The largest absolute Gasteiger partial charge is 0.368 e. The summed E-state index contributed by atoms with van der Waals surface area (Å²) in [4.78, 5) is 16.5. The Morgan fingerprint density at radius 3 is 2.21 bits per heavy atom. The van der Waals surface area contributed by atoms with Crippen molar-refractivity contribution in [3.8, 4) is 0 Å². The maximum Gasteiger partial charge on any atom is 0.254 e. The summed E-state index contributed by atoms with van der Waals surface area (Å²) in [5, 5.41) is 5.13. The zero-order valence-electron chi connectivity index (χ0n) is 13.1. The minimum Gasteiger partial charge on any atom is -0.368 e. The Morgan fingerprint density at radius 1 is 0.917 bits per heavy atom. The number of piperazine rings is 1. The molecule has 1 aliphatic rings. The van der Waals surface area contributed by atoms with Gasteiger partial charge in [-0.2, -0.15) is 0 Å². The van der Waals surface area contributed by atoms with Gasteiger partial charge in [0.2, 0.25) is 10.0 Å². The van der Waals surface area contributed by atoms with Crippen molar-refractivity contribution in [1.29, 1.82) is 0 Å². The molecule has 0 aliphatic carbocycles. The molecule has 1 heterocycles. The van der Waals surface area contributed by atoms with Crippen LogP contribution < -0.4 is 10.0 Å². The first-order chi connectivity index (χ1) is 11.4. The van der Waals surface area contributed by atoms with Crippen LogP contribution in [0.25, 0.3) is 0 Å². The SMILES string of the molecule is NS(=O)(=O)c1cccc(C(=O)N2CCN(c3ccccc3)CC2)c1. The number of anilines is 1. The molecule has 2 aromatic carbocycles. The van der Waals surface area contributed by atoms with Gasteiger partial charge in [0.05, 0.1) is 4.90 Å². The average molecular weight is 345 g/mol. The summed E-state index contributed by atoms with van der Waals surface area (Å²) in [7, 11) is -3.81. The van der Waals surface area contributed by atoms with Crippen molar-refractivity contribution < 1.29 is 13.2 Å². The van der Waals surface area contributed by atoms with Crippen molar-refractivity contribution in [2.45, 2.75) is 4.90 Å². The van der Waals surface area contributed by atoms with E-state index in [9.17, 15) is 13.2 Å². The highest BCUT2D eigenvalue weighted by molar-refractivity contribution is 7.89. The lowest BCUT2D eigenvalue weighted by molar-refractivity contribution is 0.0746. The lowest BCUT2D eigenvalue weighted by atomic mass is 10.1. The number of para-hydroxylation sites is 1. The van der Waals surface area contributed by atoms with Gasteiger partial charge in [-0.05, 0) is 30.3 Å². The molecule has 1 aliphatic heterocycles. The Morgan fingerprint density at radius 2 is 1.58 bits per heavy atom. The molecule has 0 spiro atoms. The van der Waals surface area contributed by atoms with E-state index >= 15 is 0 Å². The van der Waals surface area contributed by atoms with Crippen LogP contribution in [0.2, 0.25) is 0 Å². The summed E-state index contributed by atoms with van der Waals surface area (Å²) in [6, 6.07) is 15.9. The molecule has 6 nitrogen and oxygen atoms in total. The molecule has 2 aromatic rings. The van der Waals surface area contributed by atoms with Crippen LogP contribution in [0.1, 0.15) is 10.4 Å². The highest BCUT2D eigenvalue weighted by atomic mass is 32.2. The van der Waals surface area contributed by atoms with Gasteiger partial charge in [0.25, 0.3) is 5.91 Å². The fourth-order valence-corrected chi connectivity index (χ4v) is 3.35. The van der Waals surface area contributed by atoms with Gasteiger partial charge < -0.3 is 9.80 Å². The molecule has 1 saturated heterocycles. The summed E-state index contributed by atoms with van der Waals surface area (Å²) < 4.78 is 22.9. The van der Waals surface area contributed by atoms with Crippen LogP contribution >= 0.6 is 0 Å². The maximum absolute atomic E-state index is 12.6. The van der Waals surface area contributed by atoms with Gasteiger partial charge in [-0.15, -0.1) is 0 Å². The second-order valence-electron chi connectivity index (χ2n) is 5.69. The zero-order chi connectivity index (χ0) is 17.2. The number of nitrogens with zero attached hydrogens (tertiary/aromatic N) is 2. The highest BCUT2D eigenvalue weighted by Crippen LogP contribution is 2.17. The third-order valence-corrected chi connectivity index (χ3v) is 5.01. The monoisotopic (exact) mass is 345 g/mol. The maximum atomic E-state index is 12.6. The Balaban J connectivity index is 1.70. The Kier molecular flexibility index (Phi) is 4.55. The summed E-state index contributed by atoms with van der Waals surface area (Å²) >= 11 is 0. The van der Waals surface area contributed by atoms with E-state index in [2.05, 4.69) is 4.90 Å². The fourth-order valence-electron chi connectivity index (χ4n) is 2.80. The van der Waals surface area contributed by atoms with E-state index in [0.29, 0.717) is 18.7 Å². The van der Waals surface area contributed by atoms with E-state index in [1.807, 2.05) is 30.3 Å². The summed E-state index contributed by atoms with van der Waals surface area (Å²) in [6.07, 6.45) is 0. The number of carbonyl (C=O) groups is 1. The number of benzene rings is 2. The molecule has 0 bridgehead atoms. The molecule has 0 atom stereocenters. The number of rotatable bonds is 3. The molecule has 1 amide bonds. The van der Waals surface area contributed by atoms with Crippen molar-refractivity contribution in [3.63, 3.8) is 0 Å². The van der Waals surface area contributed by atoms with Crippen molar-refractivity contribution in [1.82, 2.24) is 4.90 Å². The van der Waals surface area contributed by atoms with E-state index in [-0.39, 0.29) is 10.8 Å². The van der Waals surface area contributed by atoms with Crippen LogP contribution in [-0.2, 0) is 10.0 Å². The number of sulfonamides is 1. The fraction of sp³-hybridized carbons (Fsp3) is 0.235. The lowest BCUT2D eigenvalue weighted by Crippen LogP contribution is -2.48. The van der Waals surface area contributed by atoms with Crippen molar-refractivity contribution in [2.24, 2.45) is 5.14 Å². The molecule has 0 unspecified atom stereocenters. The van der Waals surface area contributed by atoms with Crippen LogP contribution in [-0.4, -0.2) is 45.4 Å². The van der Waals surface area contributed by atoms with Gasteiger partial charge in [-0.25, -0.2) is 13.6 Å². The Labute approximate surface area is 141 Å². The van der Waals surface area contributed by atoms with Gasteiger partial charge in [0.1, 0.15) is 0 Å². The third-order valence-electron chi connectivity index (χ3n) is 4.10. The van der Waals surface area contributed by atoms with Gasteiger partial charge in [0.15, 0.2) is 0 Å². The molecule has 126 valence electrons. The standard InChI is InChI=1S/C17H19N3O3S/c18-24(22,23)16-8-4-5-14(13-16)17(21)20-11-9-19(10-12-20)15-6-2-1-3-7-15/h1-8,13H,9-12H2,(H2,18,22,23). The minimum absolute atomic E-state index is 0.0451. The second-order valence-corrected chi connectivity index (χ2v) is 7.25. The number of amides is 1. The quantitative estimate of drug-likeness (QED) is 0.909. The second kappa shape index (κ2) is 6.62. The minimum atomic E-state index is -3.81. The number of hydrogen-bond donors (Lipinski definition) is 1. The normalized spacial score (nSPS) is 15.4. The Hall–Kier alpha value is -2.38. The predicted octanol–water partition coefficient (Wildman–Crippen LogP) is 1.30. The van der Waals surface area contributed by atoms with Crippen LogP contribution in [0.3, 0.4) is 0 Å². The van der Waals surface area contributed by atoms with E-state index in [1.54, 1.807) is 11.0 Å². The molecule has 0 aromatic heterocycles. The van der Waals surface area contributed by atoms with Gasteiger partial charge >= 0.3 is 0 Å². The van der Waals surface area contributed by atoms with E-state index in [4.69, 9.17) is 5.14 Å². The van der Waals surface area contributed by atoms with Crippen LogP contribution in [0, 0.1) is 0 Å². The summed E-state index contributed by atoms with van der Waals surface area (Å²) in [5.74, 6) is -0.173. The molecule has 2 N–H and O–H groups in total. The smallest absolute Gasteiger partial charge is 0.254 e. The van der Waals surface area contributed by atoms with Crippen LogP contribution in [0.5, 0.6) is 0 Å². The molecule has 1 fully saturated rings. The molecule has 24 heavy (non-hydrogen) atoms. The predicted molar refractivity (Wildman–Crippen MR) is 92.4 cm³/mol. The molecular weight excluding hydrogens is 326 g/mol.